The van der Waals surface area contributed by atoms with E-state index in [-0.39, 0.29) is 18.6 Å². The Morgan fingerprint density at radius 2 is 2.00 bits per heavy atom. The number of carbonyl (C=O) groups excluding carboxylic acids is 1. The highest BCUT2D eigenvalue weighted by Crippen LogP contribution is 2.36. The zero-order chi connectivity index (χ0) is 17.4. The molecule has 0 saturated heterocycles. The molecule has 1 amide bonds. The second-order valence-corrected chi connectivity index (χ2v) is 6.73. The first-order valence-electron chi connectivity index (χ1n) is 8.42. The topological polar surface area (TPSA) is 71.3 Å². The summed E-state index contributed by atoms with van der Waals surface area (Å²) < 4.78 is 11.8. The largest absolute Gasteiger partial charge is 0.490 e. The van der Waals surface area contributed by atoms with E-state index in [1.807, 2.05) is 6.92 Å². The average Bonchev–Trinajstić information content (AvgIpc) is 2.82. The molecule has 24 heavy (non-hydrogen) atoms. The van der Waals surface area contributed by atoms with Crippen molar-refractivity contribution in [3.63, 3.8) is 0 Å². The Morgan fingerprint density at radius 1 is 1.29 bits per heavy atom. The lowest BCUT2D eigenvalue weighted by Gasteiger charge is -2.17. The van der Waals surface area contributed by atoms with Gasteiger partial charge >= 0.3 is 0 Å². The molecule has 0 radical (unpaired) electrons. The van der Waals surface area contributed by atoms with Gasteiger partial charge < -0.3 is 14.8 Å². The molecule has 0 bridgehead atoms. The molecule has 0 unspecified atom stereocenters. The molecule has 2 rings (SSSR count). The van der Waals surface area contributed by atoms with Crippen LogP contribution in [0.1, 0.15) is 51.0 Å². The van der Waals surface area contributed by atoms with E-state index in [0.717, 1.165) is 12.8 Å². The van der Waals surface area contributed by atoms with E-state index in [2.05, 4.69) is 27.3 Å². The number of nitrogens with one attached hydrogen (secondary N) is 1. The number of hydrogen-bond acceptors (Lipinski definition) is 4. The summed E-state index contributed by atoms with van der Waals surface area (Å²) in [6.45, 7) is 2.24. The summed E-state index contributed by atoms with van der Waals surface area (Å²) in [6.07, 6.45) is 6.91. The van der Waals surface area contributed by atoms with Crippen LogP contribution >= 0.6 is 15.9 Å². The monoisotopic (exact) mass is 394 g/mol. The summed E-state index contributed by atoms with van der Waals surface area (Å²) in [5.41, 5.74) is 0.473. The van der Waals surface area contributed by atoms with Crippen LogP contribution in [0.15, 0.2) is 16.6 Å². The standard InChI is InChI=1S/C18H23BrN2O3/c1-2-23-16-10-13(11-20)9-15(19)18(16)24-12-17(22)21-14-7-5-3-4-6-8-14/h9-10,14H,2-8,12H2,1H3,(H,21,22). The van der Waals surface area contributed by atoms with Gasteiger partial charge in [0.05, 0.1) is 22.7 Å². The fourth-order valence-electron chi connectivity index (χ4n) is 2.87. The minimum atomic E-state index is -0.124. The van der Waals surface area contributed by atoms with Crippen LogP contribution in [0.4, 0.5) is 0 Å². The number of hydrogen-bond donors (Lipinski definition) is 1. The molecule has 1 saturated carbocycles. The van der Waals surface area contributed by atoms with Crippen molar-refractivity contribution < 1.29 is 14.3 Å². The number of amides is 1. The molecular formula is C18H23BrN2O3. The summed E-state index contributed by atoms with van der Waals surface area (Å²) in [7, 11) is 0. The van der Waals surface area contributed by atoms with Crippen molar-refractivity contribution in [1.82, 2.24) is 5.32 Å². The van der Waals surface area contributed by atoms with Gasteiger partial charge in [0.2, 0.25) is 0 Å². The lowest BCUT2D eigenvalue weighted by Crippen LogP contribution is -2.37. The number of benzene rings is 1. The quantitative estimate of drug-likeness (QED) is 0.741. The SMILES string of the molecule is CCOc1cc(C#N)cc(Br)c1OCC(=O)NC1CCCCCC1. The van der Waals surface area contributed by atoms with Crippen LogP contribution in [-0.2, 0) is 4.79 Å². The molecule has 130 valence electrons. The smallest absolute Gasteiger partial charge is 0.258 e. The first-order chi connectivity index (χ1) is 11.6. The summed E-state index contributed by atoms with van der Waals surface area (Å²) in [4.78, 5) is 12.2. The zero-order valence-corrected chi connectivity index (χ0v) is 15.5. The van der Waals surface area contributed by atoms with Gasteiger partial charge in [0.25, 0.3) is 5.91 Å². The van der Waals surface area contributed by atoms with Crippen LogP contribution < -0.4 is 14.8 Å². The van der Waals surface area contributed by atoms with Gasteiger partial charge in [-0.2, -0.15) is 5.26 Å². The van der Waals surface area contributed by atoms with Gasteiger partial charge in [-0.1, -0.05) is 25.7 Å². The molecule has 0 aromatic heterocycles. The molecule has 5 nitrogen and oxygen atoms in total. The number of ether oxygens (including phenoxy) is 2. The number of rotatable bonds is 6. The second kappa shape index (κ2) is 9.53. The van der Waals surface area contributed by atoms with E-state index in [0.29, 0.717) is 28.1 Å². The molecule has 1 aromatic carbocycles. The minimum Gasteiger partial charge on any atom is -0.490 e. The first kappa shape index (κ1) is 18.6. The van der Waals surface area contributed by atoms with Crippen LogP contribution in [-0.4, -0.2) is 25.2 Å². The Bertz CT molecular complexity index is 605. The molecule has 0 atom stereocenters. The van der Waals surface area contributed by atoms with Gasteiger partial charge in [-0.15, -0.1) is 0 Å². The maximum absolute atomic E-state index is 12.2. The lowest BCUT2D eigenvalue weighted by molar-refractivity contribution is -0.123. The van der Waals surface area contributed by atoms with Gasteiger partial charge in [0.15, 0.2) is 18.1 Å². The summed E-state index contributed by atoms with van der Waals surface area (Å²) >= 11 is 3.38. The fourth-order valence-corrected chi connectivity index (χ4v) is 3.42. The van der Waals surface area contributed by atoms with Crippen molar-refractivity contribution in [2.75, 3.05) is 13.2 Å². The molecule has 1 aliphatic carbocycles. The van der Waals surface area contributed by atoms with Gasteiger partial charge in [0, 0.05) is 12.1 Å². The predicted molar refractivity (Wildman–Crippen MR) is 95.2 cm³/mol. The van der Waals surface area contributed by atoms with E-state index in [1.54, 1.807) is 12.1 Å². The van der Waals surface area contributed by atoms with E-state index < -0.39 is 0 Å². The third kappa shape index (κ3) is 5.41. The van der Waals surface area contributed by atoms with Crippen molar-refractivity contribution in [2.24, 2.45) is 0 Å². The van der Waals surface area contributed by atoms with E-state index in [1.165, 1.54) is 25.7 Å². The molecule has 0 spiro atoms. The molecule has 0 aliphatic heterocycles. The molecule has 1 N–H and O–H groups in total. The highest BCUT2D eigenvalue weighted by molar-refractivity contribution is 9.10. The molecule has 1 aromatic rings. The van der Waals surface area contributed by atoms with Crippen LogP contribution in [0, 0.1) is 11.3 Å². The lowest BCUT2D eigenvalue weighted by atomic mass is 10.1. The van der Waals surface area contributed by atoms with Gasteiger partial charge in [-0.3, -0.25) is 4.79 Å². The molecule has 1 fully saturated rings. The van der Waals surface area contributed by atoms with Gasteiger partial charge in [-0.25, -0.2) is 0 Å². The number of nitriles is 1. The fraction of sp³-hybridized carbons (Fsp3) is 0.556. The molecule has 0 heterocycles. The summed E-state index contributed by atoms with van der Waals surface area (Å²) in [5.74, 6) is 0.790. The van der Waals surface area contributed by atoms with E-state index in [9.17, 15) is 4.79 Å². The van der Waals surface area contributed by atoms with E-state index >= 15 is 0 Å². The van der Waals surface area contributed by atoms with Crippen molar-refractivity contribution in [3.05, 3.63) is 22.2 Å². The van der Waals surface area contributed by atoms with Crippen LogP contribution in [0.2, 0.25) is 0 Å². The maximum atomic E-state index is 12.2. The molecule has 1 aliphatic rings. The van der Waals surface area contributed by atoms with Crippen LogP contribution in [0.3, 0.4) is 0 Å². The van der Waals surface area contributed by atoms with Gasteiger partial charge in [0.1, 0.15) is 0 Å². The Kier molecular flexibility index (Phi) is 7.38. The predicted octanol–water partition coefficient (Wildman–Crippen LogP) is 3.94. The van der Waals surface area contributed by atoms with Crippen LogP contribution in [0.25, 0.3) is 0 Å². The van der Waals surface area contributed by atoms with Crippen LogP contribution in [0.5, 0.6) is 11.5 Å². The third-order valence-corrected chi connectivity index (χ3v) is 4.60. The molecule has 6 heteroatoms. The Morgan fingerprint density at radius 3 is 2.62 bits per heavy atom. The highest BCUT2D eigenvalue weighted by atomic mass is 79.9. The molecular weight excluding hydrogens is 372 g/mol. The minimum absolute atomic E-state index is 0.0684. The van der Waals surface area contributed by atoms with Crippen molar-refractivity contribution in [3.8, 4) is 17.6 Å². The number of nitrogens with zero attached hydrogens (tertiary/aromatic N) is 1. The normalized spacial score (nSPS) is 15.2. The van der Waals surface area contributed by atoms with Gasteiger partial charge in [-0.05, 0) is 41.8 Å². The average molecular weight is 395 g/mol. The number of carbonyl (C=O) groups is 1. The zero-order valence-electron chi connectivity index (χ0n) is 13.9. The van der Waals surface area contributed by atoms with E-state index in [4.69, 9.17) is 14.7 Å². The van der Waals surface area contributed by atoms with Crippen molar-refractivity contribution in [2.45, 2.75) is 51.5 Å². The van der Waals surface area contributed by atoms with Crippen molar-refractivity contribution in [1.29, 1.82) is 5.26 Å². The first-order valence-corrected chi connectivity index (χ1v) is 9.22. The Hall–Kier alpha value is -1.74. The third-order valence-electron chi connectivity index (χ3n) is 4.01. The maximum Gasteiger partial charge on any atom is 0.258 e. The summed E-state index contributed by atoms with van der Waals surface area (Å²) in [6, 6.07) is 5.60. The number of halogens is 1. The Labute approximate surface area is 151 Å². The Balaban J connectivity index is 1.97. The second-order valence-electron chi connectivity index (χ2n) is 5.87. The van der Waals surface area contributed by atoms with Crippen molar-refractivity contribution >= 4 is 21.8 Å². The summed E-state index contributed by atoms with van der Waals surface area (Å²) in [5, 5.41) is 12.1. The highest BCUT2D eigenvalue weighted by Gasteiger charge is 2.17.